The number of aryl methyl sites for hydroxylation is 2. The SMILES string of the molecule is Cc1ccc(CNCc2cc3c(C)c(C)n(Cc4cccc(F)c4)c3c(N3CCc4ccccc4C3)n2)cc1.Cl. The summed E-state index contributed by atoms with van der Waals surface area (Å²) in [5.41, 5.74) is 10.9. The second kappa shape index (κ2) is 11.8. The zero-order chi connectivity index (χ0) is 26.9. The van der Waals surface area contributed by atoms with Gasteiger partial charge in [0.25, 0.3) is 0 Å². The van der Waals surface area contributed by atoms with Crippen LogP contribution < -0.4 is 10.2 Å². The molecule has 0 aliphatic carbocycles. The molecule has 0 amide bonds. The number of fused-ring (bicyclic) bond motifs is 2. The highest BCUT2D eigenvalue weighted by Crippen LogP contribution is 2.35. The van der Waals surface area contributed by atoms with Crippen LogP contribution in [-0.4, -0.2) is 16.1 Å². The standard InChI is InChI=1S/C34H35FN4.ClH/c1-23-11-13-26(14-12-23)19-36-20-31-18-32-24(2)25(3)39(21-27-7-6-10-30(35)17-27)33(32)34(37-31)38-16-15-28-8-4-5-9-29(28)22-38;/h4-14,17-18,36H,15-16,19-22H2,1-3H3;1H. The van der Waals surface area contributed by atoms with Gasteiger partial charge in [0.05, 0.1) is 11.2 Å². The average Bonchev–Trinajstić information content (AvgIpc) is 3.18. The molecule has 0 bridgehead atoms. The fourth-order valence-corrected chi connectivity index (χ4v) is 5.74. The maximum absolute atomic E-state index is 14.1. The van der Waals surface area contributed by atoms with Gasteiger partial charge in [-0.3, -0.25) is 0 Å². The number of anilines is 1. The summed E-state index contributed by atoms with van der Waals surface area (Å²) in [5, 5.41) is 4.83. The van der Waals surface area contributed by atoms with E-state index in [2.05, 4.69) is 90.2 Å². The van der Waals surface area contributed by atoms with Gasteiger partial charge in [0.1, 0.15) is 5.82 Å². The third-order valence-corrected chi connectivity index (χ3v) is 8.06. The molecule has 1 N–H and O–H groups in total. The largest absolute Gasteiger partial charge is 0.350 e. The Morgan fingerprint density at radius 2 is 1.62 bits per heavy atom. The van der Waals surface area contributed by atoms with E-state index in [0.717, 1.165) is 48.6 Å². The zero-order valence-corrected chi connectivity index (χ0v) is 24.2. The van der Waals surface area contributed by atoms with Gasteiger partial charge >= 0.3 is 0 Å². The first-order chi connectivity index (χ1) is 19.0. The fraction of sp³-hybridized carbons (Fsp3) is 0.265. The van der Waals surface area contributed by atoms with Crippen LogP contribution >= 0.6 is 12.4 Å². The maximum atomic E-state index is 14.1. The Kier molecular flexibility index (Phi) is 8.24. The van der Waals surface area contributed by atoms with E-state index in [4.69, 9.17) is 4.98 Å². The van der Waals surface area contributed by atoms with Crippen molar-refractivity contribution in [3.05, 3.63) is 129 Å². The monoisotopic (exact) mass is 554 g/mol. The molecular weight excluding hydrogens is 519 g/mol. The predicted molar refractivity (Wildman–Crippen MR) is 165 cm³/mol. The molecule has 0 fully saturated rings. The molecule has 206 valence electrons. The number of hydrogen-bond donors (Lipinski definition) is 1. The van der Waals surface area contributed by atoms with Gasteiger partial charge in [-0.25, -0.2) is 9.37 Å². The van der Waals surface area contributed by atoms with Crippen LogP contribution in [0.4, 0.5) is 10.2 Å². The Labute approximate surface area is 242 Å². The molecular formula is C34H36ClFN4. The smallest absolute Gasteiger partial charge is 0.153 e. The third-order valence-electron chi connectivity index (χ3n) is 8.06. The van der Waals surface area contributed by atoms with Crippen molar-refractivity contribution in [3.63, 3.8) is 0 Å². The molecule has 0 saturated carbocycles. The lowest BCUT2D eigenvalue weighted by Gasteiger charge is -2.31. The topological polar surface area (TPSA) is 33.1 Å². The molecule has 0 atom stereocenters. The number of benzene rings is 3. The van der Waals surface area contributed by atoms with E-state index in [0.29, 0.717) is 13.1 Å². The summed E-state index contributed by atoms with van der Waals surface area (Å²) in [6.45, 7) is 10.3. The summed E-state index contributed by atoms with van der Waals surface area (Å²) in [7, 11) is 0. The van der Waals surface area contributed by atoms with Gasteiger partial charge in [-0.15, -0.1) is 12.4 Å². The lowest BCUT2D eigenvalue weighted by molar-refractivity contribution is 0.623. The zero-order valence-electron chi connectivity index (χ0n) is 23.4. The molecule has 1 aliphatic heterocycles. The van der Waals surface area contributed by atoms with Gasteiger partial charge in [0.15, 0.2) is 5.82 Å². The minimum atomic E-state index is -0.203. The average molecular weight is 555 g/mol. The molecule has 0 unspecified atom stereocenters. The van der Waals surface area contributed by atoms with Crippen LogP contribution in [0, 0.1) is 26.6 Å². The van der Waals surface area contributed by atoms with E-state index < -0.39 is 0 Å². The summed E-state index contributed by atoms with van der Waals surface area (Å²) in [4.78, 5) is 7.71. The Hall–Kier alpha value is -3.67. The van der Waals surface area contributed by atoms with E-state index in [-0.39, 0.29) is 18.2 Å². The molecule has 5 aromatic rings. The highest BCUT2D eigenvalue weighted by atomic mass is 35.5. The van der Waals surface area contributed by atoms with E-state index in [1.165, 1.54) is 45.0 Å². The van der Waals surface area contributed by atoms with Crippen LogP contribution in [-0.2, 0) is 32.6 Å². The van der Waals surface area contributed by atoms with E-state index in [9.17, 15) is 4.39 Å². The molecule has 4 nitrogen and oxygen atoms in total. The second-order valence-corrected chi connectivity index (χ2v) is 10.8. The first-order valence-corrected chi connectivity index (χ1v) is 13.8. The molecule has 1 aliphatic rings. The number of pyridine rings is 1. The summed E-state index contributed by atoms with van der Waals surface area (Å²) < 4.78 is 16.4. The molecule has 0 spiro atoms. The molecule has 2 aromatic heterocycles. The molecule has 0 saturated heterocycles. The van der Waals surface area contributed by atoms with E-state index in [1.54, 1.807) is 12.1 Å². The number of aromatic nitrogens is 2. The van der Waals surface area contributed by atoms with E-state index in [1.807, 2.05) is 6.07 Å². The predicted octanol–water partition coefficient (Wildman–Crippen LogP) is 7.42. The van der Waals surface area contributed by atoms with Crippen LogP contribution in [0.3, 0.4) is 0 Å². The van der Waals surface area contributed by atoms with Crippen LogP contribution in [0.5, 0.6) is 0 Å². The minimum Gasteiger partial charge on any atom is -0.350 e. The van der Waals surface area contributed by atoms with Crippen molar-refractivity contribution in [2.75, 3.05) is 11.4 Å². The van der Waals surface area contributed by atoms with Crippen molar-refractivity contribution in [3.8, 4) is 0 Å². The Morgan fingerprint density at radius 1 is 0.850 bits per heavy atom. The fourth-order valence-electron chi connectivity index (χ4n) is 5.74. The molecule has 0 radical (unpaired) electrons. The van der Waals surface area contributed by atoms with Crippen LogP contribution in [0.15, 0.2) is 78.9 Å². The minimum absolute atomic E-state index is 0. The molecule has 6 heteroatoms. The molecule has 3 heterocycles. The third kappa shape index (κ3) is 5.63. The number of nitrogens with zero attached hydrogens (tertiary/aromatic N) is 3. The first kappa shape index (κ1) is 27.9. The van der Waals surface area contributed by atoms with Crippen LogP contribution in [0.1, 0.15) is 44.8 Å². The summed E-state index contributed by atoms with van der Waals surface area (Å²) in [5.74, 6) is 0.813. The van der Waals surface area contributed by atoms with Crippen molar-refractivity contribution in [2.24, 2.45) is 0 Å². The first-order valence-electron chi connectivity index (χ1n) is 13.8. The lowest BCUT2D eigenvalue weighted by Crippen LogP contribution is -2.32. The summed E-state index contributed by atoms with van der Waals surface area (Å²) in [6.07, 6.45) is 0.998. The van der Waals surface area contributed by atoms with Gasteiger partial charge in [0.2, 0.25) is 0 Å². The van der Waals surface area contributed by atoms with Gasteiger partial charge in [-0.2, -0.15) is 0 Å². The quantitative estimate of drug-likeness (QED) is 0.227. The van der Waals surface area contributed by atoms with Crippen molar-refractivity contribution >= 4 is 29.1 Å². The van der Waals surface area contributed by atoms with Gasteiger partial charge < -0.3 is 14.8 Å². The summed E-state index contributed by atoms with van der Waals surface area (Å²) in [6, 6.07) is 26.5. The lowest BCUT2D eigenvalue weighted by atomic mass is 10.00. The Morgan fingerprint density at radius 3 is 2.40 bits per heavy atom. The van der Waals surface area contributed by atoms with Crippen molar-refractivity contribution in [1.82, 2.24) is 14.9 Å². The summed E-state index contributed by atoms with van der Waals surface area (Å²) >= 11 is 0. The van der Waals surface area contributed by atoms with Gasteiger partial charge in [0, 0.05) is 43.8 Å². The molecule has 6 rings (SSSR count). The highest BCUT2D eigenvalue weighted by Gasteiger charge is 2.24. The Bertz CT molecular complexity index is 1640. The molecule has 3 aromatic carbocycles. The number of halogens is 2. The van der Waals surface area contributed by atoms with Gasteiger partial charge in [-0.1, -0.05) is 66.2 Å². The maximum Gasteiger partial charge on any atom is 0.153 e. The number of hydrogen-bond acceptors (Lipinski definition) is 3. The van der Waals surface area contributed by atoms with Crippen molar-refractivity contribution in [1.29, 1.82) is 0 Å². The normalized spacial score (nSPS) is 12.8. The molecule has 40 heavy (non-hydrogen) atoms. The number of nitrogens with one attached hydrogen (secondary N) is 1. The van der Waals surface area contributed by atoms with Crippen LogP contribution in [0.2, 0.25) is 0 Å². The van der Waals surface area contributed by atoms with Crippen molar-refractivity contribution in [2.45, 2.75) is 53.4 Å². The second-order valence-electron chi connectivity index (χ2n) is 10.8. The van der Waals surface area contributed by atoms with E-state index >= 15 is 0 Å². The van der Waals surface area contributed by atoms with Crippen molar-refractivity contribution < 1.29 is 4.39 Å². The Balaban J connectivity index is 0.00000323. The highest BCUT2D eigenvalue weighted by molar-refractivity contribution is 5.94. The van der Waals surface area contributed by atoms with Crippen LogP contribution in [0.25, 0.3) is 10.9 Å². The van der Waals surface area contributed by atoms with Gasteiger partial charge in [-0.05, 0) is 73.2 Å². The number of rotatable bonds is 7.